The highest BCUT2D eigenvalue weighted by atomic mass is 16.4. The second-order valence-corrected chi connectivity index (χ2v) is 4.95. The van der Waals surface area contributed by atoms with Crippen LogP contribution in [0.5, 0.6) is 0 Å². The summed E-state index contributed by atoms with van der Waals surface area (Å²) in [6.45, 7) is 3.14. The molecule has 0 spiro atoms. The summed E-state index contributed by atoms with van der Waals surface area (Å²) < 4.78 is 5.32. The lowest BCUT2D eigenvalue weighted by Crippen LogP contribution is -2.23. The van der Waals surface area contributed by atoms with Gasteiger partial charge in [-0.25, -0.2) is 4.98 Å². The Hall–Kier alpha value is -2.30. The van der Waals surface area contributed by atoms with E-state index in [4.69, 9.17) is 4.42 Å². The van der Waals surface area contributed by atoms with E-state index in [1.54, 1.807) is 6.20 Å². The van der Waals surface area contributed by atoms with Crippen molar-refractivity contribution < 1.29 is 9.21 Å². The number of nitrogens with one attached hydrogen (secondary N) is 2. The van der Waals surface area contributed by atoms with Crippen LogP contribution in [0.25, 0.3) is 0 Å². The zero-order valence-electron chi connectivity index (χ0n) is 11.4. The maximum atomic E-state index is 12.1. The number of benzene rings is 1. The van der Waals surface area contributed by atoms with Gasteiger partial charge in [0.1, 0.15) is 5.76 Å². The van der Waals surface area contributed by atoms with Crippen LogP contribution in [0.1, 0.15) is 34.0 Å². The predicted molar refractivity (Wildman–Crippen MR) is 75.7 cm³/mol. The molecule has 20 heavy (non-hydrogen) atoms. The van der Waals surface area contributed by atoms with Crippen LogP contribution in [0, 0.1) is 6.92 Å². The molecule has 1 aliphatic heterocycles. The number of amides is 1. The van der Waals surface area contributed by atoms with E-state index in [0.29, 0.717) is 18.0 Å². The third-order valence-corrected chi connectivity index (χ3v) is 3.38. The number of hydrogen-bond donors (Lipinski definition) is 2. The van der Waals surface area contributed by atoms with Gasteiger partial charge in [-0.15, -0.1) is 0 Å². The summed E-state index contributed by atoms with van der Waals surface area (Å²) in [5.41, 5.74) is 3.02. The van der Waals surface area contributed by atoms with E-state index in [2.05, 4.69) is 15.6 Å². The molecule has 0 radical (unpaired) electrons. The summed E-state index contributed by atoms with van der Waals surface area (Å²) in [4.78, 5) is 16.2. The molecule has 3 rings (SSSR count). The van der Waals surface area contributed by atoms with Gasteiger partial charge in [-0.1, -0.05) is 0 Å². The molecule has 1 amide bonds. The molecule has 1 aliphatic rings. The fourth-order valence-corrected chi connectivity index (χ4v) is 2.36. The standard InChI is InChI=1S/C15H17N3O2/c1-10-8-17-14(20-10)9-18-15(19)12-4-5-13-11(7-12)3-2-6-16-13/h4-5,7-8,16H,2-3,6,9H2,1H3,(H,18,19). The predicted octanol–water partition coefficient (Wildman–Crippen LogP) is 2.27. The molecule has 1 aromatic heterocycles. The van der Waals surface area contributed by atoms with Crippen molar-refractivity contribution in [2.45, 2.75) is 26.3 Å². The topological polar surface area (TPSA) is 67.2 Å². The summed E-state index contributed by atoms with van der Waals surface area (Å²) in [7, 11) is 0. The third kappa shape index (κ3) is 2.66. The molecule has 0 saturated carbocycles. The van der Waals surface area contributed by atoms with E-state index in [1.165, 1.54) is 5.56 Å². The Morgan fingerprint density at radius 2 is 2.40 bits per heavy atom. The van der Waals surface area contributed by atoms with Gasteiger partial charge in [-0.3, -0.25) is 4.79 Å². The smallest absolute Gasteiger partial charge is 0.251 e. The van der Waals surface area contributed by atoms with Crippen LogP contribution in [0.4, 0.5) is 5.69 Å². The zero-order valence-corrected chi connectivity index (χ0v) is 11.4. The van der Waals surface area contributed by atoms with Gasteiger partial charge in [0.15, 0.2) is 0 Å². The minimum atomic E-state index is -0.103. The minimum absolute atomic E-state index is 0.103. The molecule has 0 bridgehead atoms. The maximum Gasteiger partial charge on any atom is 0.251 e. The van der Waals surface area contributed by atoms with Crippen LogP contribution in [0.3, 0.4) is 0 Å². The molecule has 0 saturated heterocycles. The summed E-state index contributed by atoms with van der Waals surface area (Å²) in [5.74, 6) is 1.17. The molecule has 0 atom stereocenters. The first kappa shape index (κ1) is 12.7. The van der Waals surface area contributed by atoms with Crippen LogP contribution in [-0.4, -0.2) is 17.4 Å². The second-order valence-electron chi connectivity index (χ2n) is 4.95. The number of aryl methyl sites for hydroxylation is 2. The lowest BCUT2D eigenvalue weighted by Gasteiger charge is -2.18. The van der Waals surface area contributed by atoms with E-state index in [-0.39, 0.29) is 5.91 Å². The molecule has 2 aromatic rings. The number of carbonyl (C=O) groups is 1. The van der Waals surface area contributed by atoms with Crippen molar-refractivity contribution in [3.8, 4) is 0 Å². The van der Waals surface area contributed by atoms with E-state index in [0.717, 1.165) is 30.8 Å². The molecule has 2 heterocycles. The van der Waals surface area contributed by atoms with Gasteiger partial charge < -0.3 is 15.1 Å². The van der Waals surface area contributed by atoms with Gasteiger partial charge in [0, 0.05) is 17.8 Å². The Morgan fingerprint density at radius 3 is 3.20 bits per heavy atom. The molecular formula is C15H17N3O2. The average Bonchev–Trinajstić information content (AvgIpc) is 2.90. The van der Waals surface area contributed by atoms with Crippen molar-refractivity contribution in [1.82, 2.24) is 10.3 Å². The molecule has 5 heteroatoms. The quantitative estimate of drug-likeness (QED) is 0.898. The van der Waals surface area contributed by atoms with Gasteiger partial charge in [-0.2, -0.15) is 0 Å². The number of nitrogens with zero attached hydrogens (tertiary/aromatic N) is 1. The second kappa shape index (κ2) is 5.36. The Kier molecular flexibility index (Phi) is 3.41. The number of carbonyl (C=O) groups excluding carboxylic acids is 1. The first-order valence-electron chi connectivity index (χ1n) is 6.79. The minimum Gasteiger partial charge on any atom is -0.444 e. The molecular weight excluding hydrogens is 254 g/mol. The van der Waals surface area contributed by atoms with Crippen LogP contribution < -0.4 is 10.6 Å². The van der Waals surface area contributed by atoms with E-state index < -0.39 is 0 Å². The summed E-state index contributed by atoms with van der Waals surface area (Å²) >= 11 is 0. The number of fused-ring (bicyclic) bond motifs is 1. The fraction of sp³-hybridized carbons (Fsp3) is 0.333. The average molecular weight is 271 g/mol. The largest absolute Gasteiger partial charge is 0.444 e. The van der Waals surface area contributed by atoms with E-state index >= 15 is 0 Å². The third-order valence-electron chi connectivity index (χ3n) is 3.38. The number of hydrogen-bond acceptors (Lipinski definition) is 4. The van der Waals surface area contributed by atoms with Crippen molar-refractivity contribution in [2.24, 2.45) is 0 Å². The number of oxazole rings is 1. The Labute approximate surface area is 117 Å². The SMILES string of the molecule is Cc1cnc(CNC(=O)c2ccc3c(c2)CCCN3)o1. The molecule has 5 nitrogen and oxygen atoms in total. The number of rotatable bonds is 3. The maximum absolute atomic E-state index is 12.1. The van der Waals surface area contributed by atoms with Crippen molar-refractivity contribution in [3.05, 3.63) is 47.2 Å². The normalized spacial score (nSPS) is 13.4. The molecule has 1 aromatic carbocycles. The first-order chi connectivity index (χ1) is 9.72. The molecule has 0 unspecified atom stereocenters. The lowest BCUT2D eigenvalue weighted by atomic mass is 10.0. The highest BCUT2D eigenvalue weighted by molar-refractivity contribution is 5.94. The highest BCUT2D eigenvalue weighted by Gasteiger charge is 2.13. The Bertz CT molecular complexity index is 634. The fourth-order valence-electron chi connectivity index (χ4n) is 2.36. The molecule has 2 N–H and O–H groups in total. The van der Waals surface area contributed by atoms with Gasteiger partial charge in [0.2, 0.25) is 5.89 Å². The summed E-state index contributed by atoms with van der Waals surface area (Å²) in [6.07, 6.45) is 3.77. The van der Waals surface area contributed by atoms with Crippen LogP contribution in [0.2, 0.25) is 0 Å². The Balaban J connectivity index is 1.67. The monoisotopic (exact) mass is 271 g/mol. The van der Waals surface area contributed by atoms with Gasteiger partial charge in [0.05, 0.1) is 12.7 Å². The van der Waals surface area contributed by atoms with E-state index in [9.17, 15) is 4.79 Å². The van der Waals surface area contributed by atoms with Crippen LogP contribution >= 0.6 is 0 Å². The van der Waals surface area contributed by atoms with Crippen LogP contribution in [-0.2, 0) is 13.0 Å². The van der Waals surface area contributed by atoms with Gasteiger partial charge >= 0.3 is 0 Å². The first-order valence-corrected chi connectivity index (χ1v) is 6.79. The van der Waals surface area contributed by atoms with Crippen molar-refractivity contribution in [3.63, 3.8) is 0 Å². The molecule has 0 aliphatic carbocycles. The molecule has 0 fully saturated rings. The van der Waals surface area contributed by atoms with Crippen molar-refractivity contribution in [2.75, 3.05) is 11.9 Å². The number of aromatic nitrogens is 1. The summed E-state index contributed by atoms with van der Waals surface area (Å²) in [6, 6.07) is 5.77. The van der Waals surface area contributed by atoms with E-state index in [1.807, 2.05) is 25.1 Å². The zero-order chi connectivity index (χ0) is 13.9. The lowest BCUT2D eigenvalue weighted by molar-refractivity contribution is 0.0947. The van der Waals surface area contributed by atoms with Gasteiger partial charge in [-0.05, 0) is 43.5 Å². The van der Waals surface area contributed by atoms with Crippen molar-refractivity contribution in [1.29, 1.82) is 0 Å². The Morgan fingerprint density at radius 1 is 1.50 bits per heavy atom. The highest BCUT2D eigenvalue weighted by Crippen LogP contribution is 2.22. The molecule has 104 valence electrons. The van der Waals surface area contributed by atoms with Gasteiger partial charge in [0.25, 0.3) is 5.91 Å². The van der Waals surface area contributed by atoms with Crippen molar-refractivity contribution >= 4 is 11.6 Å². The van der Waals surface area contributed by atoms with Crippen LogP contribution in [0.15, 0.2) is 28.8 Å². The number of anilines is 1. The summed E-state index contributed by atoms with van der Waals surface area (Å²) in [5, 5.41) is 6.15.